The van der Waals surface area contributed by atoms with Crippen LogP contribution >= 0.6 is 0 Å². The molecule has 1 aromatic heterocycles. The van der Waals surface area contributed by atoms with Crippen molar-refractivity contribution in [3.63, 3.8) is 0 Å². The summed E-state index contributed by atoms with van der Waals surface area (Å²) in [6.45, 7) is 4.45. The summed E-state index contributed by atoms with van der Waals surface area (Å²) < 4.78 is 7.14. The maximum atomic E-state index is 10.4. The fourth-order valence-corrected chi connectivity index (χ4v) is 2.01. The molecule has 0 saturated carbocycles. The molecule has 4 nitrogen and oxygen atoms in total. The minimum absolute atomic E-state index is 0.617. The lowest BCUT2D eigenvalue weighted by Gasteiger charge is -2.11. The number of aliphatic hydroxyl groups excluding tert-OH is 1. The van der Waals surface area contributed by atoms with Gasteiger partial charge in [0.05, 0.1) is 12.3 Å². The van der Waals surface area contributed by atoms with E-state index in [0.29, 0.717) is 6.61 Å². The molecule has 2 rings (SSSR count). The Morgan fingerprint density at radius 1 is 1.44 bits per heavy atom. The third-order valence-corrected chi connectivity index (χ3v) is 2.83. The zero-order chi connectivity index (χ0) is 13.1. The Bertz CT molecular complexity index is 534. The highest BCUT2D eigenvalue weighted by atomic mass is 16.5. The molecule has 0 spiro atoms. The van der Waals surface area contributed by atoms with Gasteiger partial charge in [-0.3, -0.25) is 4.68 Å². The van der Waals surface area contributed by atoms with Crippen LogP contribution in [0.4, 0.5) is 0 Å². The standard InChI is InChI=1S/C14H18N2O2/c1-4-18-12-7-5-6-11(8-12)14(17)13-9-16(3)15-10(13)2/h5-9,14,17H,4H2,1-3H3. The summed E-state index contributed by atoms with van der Waals surface area (Å²) in [7, 11) is 1.85. The SMILES string of the molecule is CCOc1cccc(C(O)c2cn(C)nc2C)c1. The van der Waals surface area contributed by atoms with Crippen molar-refractivity contribution in [3.05, 3.63) is 47.3 Å². The number of aryl methyl sites for hydroxylation is 2. The zero-order valence-corrected chi connectivity index (χ0v) is 10.9. The van der Waals surface area contributed by atoms with E-state index in [1.807, 2.05) is 51.4 Å². The second-order valence-electron chi connectivity index (χ2n) is 4.25. The fourth-order valence-electron chi connectivity index (χ4n) is 2.01. The van der Waals surface area contributed by atoms with Gasteiger partial charge in [0.1, 0.15) is 11.9 Å². The van der Waals surface area contributed by atoms with Crippen molar-refractivity contribution in [1.82, 2.24) is 9.78 Å². The maximum Gasteiger partial charge on any atom is 0.119 e. The quantitative estimate of drug-likeness (QED) is 0.899. The van der Waals surface area contributed by atoms with Crippen LogP contribution in [-0.4, -0.2) is 21.5 Å². The summed E-state index contributed by atoms with van der Waals surface area (Å²) in [5.74, 6) is 0.774. The molecule has 18 heavy (non-hydrogen) atoms. The van der Waals surface area contributed by atoms with Gasteiger partial charge in [0, 0.05) is 18.8 Å². The van der Waals surface area contributed by atoms with Gasteiger partial charge in [-0.1, -0.05) is 12.1 Å². The first-order valence-corrected chi connectivity index (χ1v) is 6.02. The predicted octanol–water partition coefficient (Wildman–Crippen LogP) is 2.21. The Morgan fingerprint density at radius 3 is 2.83 bits per heavy atom. The molecule has 0 bridgehead atoms. The van der Waals surface area contributed by atoms with Gasteiger partial charge in [0.25, 0.3) is 0 Å². The molecule has 1 heterocycles. The topological polar surface area (TPSA) is 47.3 Å². The van der Waals surface area contributed by atoms with E-state index in [-0.39, 0.29) is 0 Å². The Hall–Kier alpha value is -1.81. The normalized spacial score (nSPS) is 12.4. The number of aliphatic hydroxyl groups is 1. The van der Waals surface area contributed by atoms with Crippen molar-refractivity contribution in [1.29, 1.82) is 0 Å². The van der Waals surface area contributed by atoms with Crippen LogP contribution in [-0.2, 0) is 7.05 Å². The number of nitrogens with zero attached hydrogens (tertiary/aromatic N) is 2. The molecular formula is C14H18N2O2. The molecule has 0 aliphatic heterocycles. The molecule has 4 heteroatoms. The van der Waals surface area contributed by atoms with Crippen LogP contribution in [0, 0.1) is 6.92 Å². The molecule has 0 saturated heterocycles. The summed E-state index contributed by atoms with van der Waals surface area (Å²) in [6.07, 6.45) is 1.17. The van der Waals surface area contributed by atoms with Crippen molar-refractivity contribution in [2.75, 3.05) is 6.61 Å². The minimum atomic E-state index is -0.667. The Morgan fingerprint density at radius 2 is 2.22 bits per heavy atom. The second-order valence-corrected chi connectivity index (χ2v) is 4.25. The van der Waals surface area contributed by atoms with Crippen LogP contribution in [0.2, 0.25) is 0 Å². The molecule has 96 valence electrons. The average molecular weight is 246 g/mol. The van der Waals surface area contributed by atoms with Gasteiger partial charge < -0.3 is 9.84 Å². The summed E-state index contributed by atoms with van der Waals surface area (Å²) >= 11 is 0. The number of aromatic nitrogens is 2. The van der Waals surface area contributed by atoms with Gasteiger partial charge in [-0.25, -0.2) is 0 Å². The van der Waals surface area contributed by atoms with E-state index in [2.05, 4.69) is 5.10 Å². The first kappa shape index (κ1) is 12.6. The number of ether oxygens (including phenoxy) is 1. The third kappa shape index (κ3) is 2.54. The van der Waals surface area contributed by atoms with Crippen molar-refractivity contribution >= 4 is 0 Å². The number of hydrogen-bond acceptors (Lipinski definition) is 3. The van der Waals surface area contributed by atoms with E-state index in [1.54, 1.807) is 4.68 Å². The van der Waals surface area contributed by atoms with E-state index < -0.39 is 6.10 Å². The smallest absolute Gasteiger partial charge is 0.119 e. The van der Waals surface area contributed by atoms with Crippen LogP contribution in [0.25, 0.3) is 0 Å². The fraction of sp³-hybridized carbons (Fsp3) is 0.357. The number of hydrogen-bond donors (Lipinski definition) is 1. The molecule has 0 aliphatic carbocycles. The molecule has 2 aromatic rings. The summed E-state index contributed by atoms with van der Waals surface area (Å²) in [5.41, 5.74) is 2.48. The highest BCUT2D eigenvalue weighted by molar-refractivity contribution is 5.35. The number of rotatable bonds is 4. The van der Waals surface area contributed by atoms with Gasteiger partial charge in [-0.05, 0) is 31.5 Å². The zero-order valence-electron chi connectivity index (χ0n) is 10.9. The maximum absolute atomic E-state index is 10.4. The van der Waals surface area contributed by atoms with Gasteiger partial charge >= 0.3 is 0 Å². The van der Waals surface area contributed by atoms with Crippen molar-refractivity contribution in [3.8, 4) is 5.75 Å². The third-order valence-electron chi connectivity index (χ3n) is 2.83. The summed E-state index contributed by atoms with van der Waals surface area (Å²) in [6, 6.07) is 7.52. The Labute approximate surface area is 107 Å². The van der Waals surface area contributed by atoms with Crippen LogP contribution < -0.4 is 4.74 Å². The molecule has 1 aromatic carbocycles. The van der Waals surface area contributed by atoms with E-state index in [0.717, 1.165) is 22.6 Å². The Kier molecular flexibility index (Phi) is 3.67. The molecule has 0 fully saturated rings. The lowest BCUT2D eigenvalue weighted by atomic mass is 10.0. The molecule has 0 aliphatic rings. The molecule has 1 N–H and O–H groups in total. The van der Waals surface area contributed by atoms with E-state index in [4.69, 9.17) is 4.74 Å². The van der Waals surface area contributed by atoms with Gasteiger partial charge in [-0.15, -0.1) is 0 Å². The minimum Gasteiger partial charge on any atom is -0.494 e. The average Bonchev–Trinajstić information content (AvgIpc) is 2.68. The van der Waals surface area contributed by atoms with E-state index in [9.17, 15) is 5.11 Å². The van der Waals surface area contributed by atoms with Crippen LogP contribution in [0.1, 0.15) is 29.8 Å². The molecule has 0 radical (unpaired) electrons. The van der Waals surface area contributed by atoms with E-state index in [1.165, 1.54) is 0 Å². The predicted molar refractivity (Wildman–Crippen MR) is 69.6 cm³/mol. The Balaban J connectivity index is 2.30. The van der Waals surface area contributed by atoms with Crippen molar-refractivity contribution in [2.45, 2.75) is 20.0 Å². The summed E-state index contributed by atoms with van der Waals surface area (Å²) in [5, 5.41) is 14.6. The molecule has 0 amide bonds. The van der Waals surface area contributed by atoms with Gasteiger partial charge in [0.15, 0.2) is 0 Å². The monoisotopic (exact) mass is 246 g/mol. The molecular weight excluding hydrogens is 228 g/mol. The first-order valence-electron chi connectivity index (χ1n) is 6.02. The van der Waals surface area contributed by atoms with Crippen molar-refractivity contribution < 1.29 is 9.84 Å². The van der Waals surface area contributed by atoms with Crippen LogP contribution in [0.5, 0.6) is 5.75 Å². The number of benzene rings is 1. The second kappa shape index (κ2) is 5.23. The summed E-state index contributed by atoms with van der Waals surface area (Å²) in [4.78, 5) is 0. The highest BCUT2D eigenvalue weighted by Crippen LogP contribution is 2.26. The van der Waals surface area contributed by atoms with E-state index >= 15 is 0 Å². The molecule has 1 atom stereocenters. The molecule has 1 unspecified atom stereocenters. The van der Waals surface area contributed by atoms with Crippen molar-refractivity contribution in [2.24, 2.45) is 7.05 Å². The first-order chi connectivity index (χ1) is 8.61. The lowest BCUT2D eigenvalue weighted by molar-refractivity contribution is 0.218. The van der Waals surface area contributed by atoms with Crippen LogP contribution in [0.3, 0.4) is 0 Å². The highest BCUT2D eigenvalue weighted by Gasteiger charge is 2.16. The largest absolute Gasteiger partial charge is 0.494 e. The van der Waals surface area contributed by atoms with Gasteiger partial charge in [-0.2, -0.15) is 5.10 Å². The van der Waals surface area contributed by atoms with Gasteiger partial charge in [0.2, 0.25) is 0 Å². The van der Waals surface area contributed by atoms with Crippen LogP contribution in [0.15, 0.2) is 30.5 Å². The lowest BCUT2D eigenvalue weighted by Crippen LogP contribution is -2.01.